The van der Waals surface area contributed by atoms with Crippen LogP contribution >= 0.6 is 11.3 Å². The lowest BCUT2D eigenvalue weighted by Crippen LogP contribution is -2.29. The molecule has 0 spiro atoms. The average Bonchev–Trinajstić information content (AvgIpc) is 3.38. The van der Waals surface area contributed by atoms with Gasteiger partial charge in [-0.15, -0.1) is 24.5 Å². The zero-order valence-electron chi connectivity index (χ0n) is 24.8. The minimum Gasteiger partial charge on any atom is -0.361 e. The van der Waals surface area contributed by atoms with Crippen LogP contribution in [-0.2, 0) is 19.4 Å². The fourth-order valence-electron chi connectivity index (χ4n) is 4.22. The first-order valence-electron chi connectivity index (χ1n) is 14.0. The molecule has 0 bridgehead atoms. The van der Waals surface area contributed by atoms with Crippen LogP contribution in [0.1, 0.15) is 74.9 Å². The minimum absolute atomic E-state index is 0.100. The molecule has 0 unspecified atom stereocenters. The number of halogens is 2. The molecule has 4 nitrogen and oxygen atoms in total. The van der Waals surface area contributed by atoms with Crippen molar-refractivity contribution in [3.05, 3.63) is 89.7 Å². The molecule has 3 heterocycles. The Balaban J connectivity index is 0.000000564. The molecule has 0 amide bonds. The van der Waals surface area contributed by atoms with E-state index in [0.717, 1.165) is 60.9 Å². The number of rotatable bonds is 6. The lowest BCUT2D eigenvalue weighted by Gasteiger charge is -2.23. The van der Waals surface area contributed by atoms with E-state index in [1.807, 2.05) is 30.5 Å². The minimum atomic E-state index is -2.58. The van der Waals surface area contributed by atoms with E-state index >= 15 is 0 Å². The van der Waals surface area contributed by atoms with E-state index in [2.05, 4.69) is 61.1 Å². The fraction of sp³-hybridized carbons (Fsp3) is 0.531. The Hall–Kier alpha value is -2.35. The van der Waals surface area contributed by atoms with Gasteiger partial charge in [0.2, 0.25) is 5.92 Å². The van der Waals surface area contributed by atoms with Gasteiger partial charge in [0.25, 0.3) is 0 Å². The van der Waals surface area contributed by atoms with Gasteiger partial charge in [-0.1, -0.05) is 77.3 Å². The monoisotopic (exact) mass is 562 g/mol. The lowest BCUT2D eigenvalue weighted by molar-refractivity contribution is 0.0133. The molecule has 1 aliphatic carbocycles. The van der Waals surface area contributed by atoms with Crippen molar-refractivity contribution >= 4 is 11.3 Å². The third-order valence-electron chi connectivity index (χ3n) is 6.40. The Kier molecular flexibility index (Phi) is 20.2. The highest BCUT2D eigenvalue weighted by atomic mass is 32.1. The Labute approximate surface area is 241 Å². The molecule has 0 radical (unpaired) electrons. The van der Waals surface area contributed by atoms with Crippen LogP contribution in [0.5, 0.6) is 0 Å². The van der Waals surface area contributed by atoms with Crippen LogP contribution in [0, 0.1) is 5.92 Å². The van der Waals surface area contributed by atoms with Crippen molar-refractivity contribution in [1.82, 2.24) is 15.2 Å². The van der Waals surface area contributed by atoms with E-state index in [-0.39, 0.29) is 6.42 Å². The number of nitrogens with zero attached hydrogens (tertiary/aromatic N) is 2. The van der Waals surface area contributed by atoms with Crippen molar-refractivity contribution in [2.24, 2.45) is 11.7 Å². The van der Waals surface area contributed by atoms with E-state index < -0.39 is 5.92 Å². The fourth-order valence-corrected chi connectivity index (χ4v) is 5.28. The summed E-state index contributed by atoms with van der Waals surface area (Å²) in [5.41, 5.74) is 7.74. The number of hydrogen-bond donors (Lipinski definition) is 2. The van der Waals surface area contributed by atoms with Crippen molar-refractivity contribution in [2.75, 3.05) is 20.1 Å². The maximum absolute atomic E-state index is 12.8. The van der Waals surface area contributed by atoms with Crippen molar-refractivity contribution in [3.63, 3.8) is 0 Å². The largest absolute Gasteiger partial charge is 0.361 e. The van der Waals surface area contributed by atoms with Gasteiger partial charge >= 0.3 is 0 Å². The first-order chi connectivity index (χ1) is 18.8. The summed E-state index contributed by atoms with van der Waals surface area (Å²) < 4.78 is 25.6. The molecule has 3 aliphatic rings. The van der Waals surface area contributed by atoms with Crippen LogP contribution in [-0.4, -0.2) is 35.9 Å². The van der Waals surface area contributed by atoms with Gasteiger partial charge in [0.1, 0.15) is 0 Å². The maximum Gasteiger partial charge on any atom is 0.245 e. The predicted octanol–water partition coefficient (Wildman–Crippen LogP) is 8.36. The zero-order chi connectivity index (χ0) is 29.7. The SMILES string of the molecule is C=C.C=C/C=C1\NC=CC=C1C=C.CC1CCCCC1.CCN1CCc2sc(CCC(C)(F)F)nc2C1.CN. The second kappa shape index (κ2) is 21.5. The van der Waals surface area contributed by atoms with Crippen LogP contribution in [0.15, 0.2) is 74.2 Å². The maximum atomic E-state index is 12.8. The number of fused-ring (bicyclic) bond motifs is 1. The van der Waals surface area contributed by atoms with E-state index in [1.54, 1.807) is 17.4 Å². The third-order valence-corrected chi connectivity index (χ3v) is 7.61. The highest BCUT2D eigenvalue weighted by Crippen LogP contribution is 2.28. The Morgan fingerprint density at radius 1 is 1.21 bits per heavy atom. The molecule has 1 saturated carbocycles. The second-order valence-electron chi connectivity index (χ2n) is 9.56. The Morgan fingerprint density at radius 2 is 1.87 bits per heavy atom. The Morgan fingerprint density at radius 3 is 2.38 bits per heavy atom. The van der Waals surface area contributed by atoms with Crippen molar-refractivity contribution < 1.29 is 8.78 Å². The molecule has 220 valence electrons. The zero-order valence-corrected chi connectivity index (χ0v) is 25.6. The van der Waals surface area contributed by atoms with E-state index in [0.29, 0.717) is 6.42 Å². The standard InChI is InChI=1S/C12H18F2N2S.C10H11N.C7H14.C2H4.CH5N/c1-3-16-7-5-10-9(8-16)15-11(17-10)4-6-12(2,13)14;1-3-6-10-9(4-2)7-5-8-11-10;1-7-5-3-2-4-6-7;2*1-2/h3-8H2,1-2H3;3-8,11H,1-2H2;7H,2-6H2,1H3;1-2H2;2H2,1H3/b;10-6-;;;. The number of dihydropyridines is 1. The smallest absolute Gasteiger partial charge is 0.245 e. The third kappa shape index (κ3) is 15.7. The van der Waals surface area contributed by atoms with E-state index in [9.17, 15) is 8.78 Å². The number of aryl methyl sites for hydroxylation is 1. The van der Waals surface area contributed by atoms with Gasteiger partial charge < -0.3 is 11.1 Å². The summed E-state index contributed by atoms with van der Waals surface area (Å²) in [5, 5.41) is 3.96. The predicted molar refractivity (Wildman–Crippen MR) is 168 cm³/mol. The molecule has 39 heavy (non-hydrogen) atoms. The van der Waals surface area contributed by atoms with Gasteiger partial charge in [0.15, 0.2) is 0 Å². The number of hydrogen-bond acceptors (Lipinski definition) is 5. The van der Waals surface area contributed by atoms with Crippen molar-refractivity contribution in [1.29, 1.82) is 0 Å². The summed E-state index contributed by atoms with van der Waals surface area (Å²) in [4.78, 5) is 8.12. The molecule has 4 rings (SSSR count). The normalized spacial score (nSPS) is 17.6. The first-order valence-corrected chi connectivity index (χ1v) is 14.8. The summed E-state index contributed by atoms with van der Waals surface area (Å²) in [5.74, 6) is -1.55. The van der Waals surface area contributed by atoms with Crippen LogP contribution in [0.2, 0.25) is 0 Å². The summed E-state index contributed by atoms with van der Waals surface area (Å²) in [6, 6.07) is 0. The van der Waals surface area contributed by atoms with Crippen molar-refractivity contribution in [2.45, 2.75) is 84.6 Å². The van der Waals surface area contributed by atoms with Crippen LogP contribution in [0.25, 0.3) is 0 Å². The number of nitrogens with two attached hydrogens (primary N) is 1. The summed E-state index contributed by atoms with van der Waals surface area (Å²) in [7, 11) is 1.50. The molecule has 1 aromatic heterocycles. The highest BCUT2D eigenvalue weighted by molar-refractivity contribution is 7.11. The molecule has 0 aromatic carbocycles. The lowest BCUT2D eigenvalue weighted by atomic mass is 9.91. The summed E-state index contributed by atoms with van der Waals surface area (Å²) >= 11 is 1.62. The molecular weight excluding hydrogens is 510 g/mol. The number of thiazole rings is 1. The number of nitrogens with one attached hydrogen (secondary N) is 1. The van der Waals surface area contributed by atoms with E-state index in [4.69, 9.17) is 0 Å². The number of aromatic nitrogens is 1. The Bertz CT molecular complexity index is 906. The van der Waals surface area contributed by atoms with Gasteiger partial charge in [-0.3, -0.25) is 4.90 Å². The molecule has 3 N–H and O–H groups in total. The van der Waals surface area contributed by atoms with Gasteiger partial charge in [0, 0.05) is 42.7 Å². The highest BCUT2D eigenvalue weighted by Gasteiger charge is 2.23. The van der Waals surface area contributed by atoms with Gasteiger partial charge in [-0.2, -0.15) is 0 Å². The molecular formula is C32H52F2N4S. The summed E-state index contributed by atoms with van der Waals surface area (Å²) in [6.45, 7) is 21.8. The van der Waals surface area contributed by atoms with Gasteiger partial charge in [-0.25, -0.2) is 13.8 Å². The van der Waals surface area contributed by atoms with Gasteiger partial charge in [-0.05, 0) is 50.6 Å². The topological polar surface area (TPSA) is 54.2 Å². The van der Waals surface area contributed by atoms with Crippen molar-refractivity contribution in [3.8, 4) is 0 Å². The second-order valence-corrected chi connectivity index (χ2v) is 10.7. The number of likely N-dealkylation sites (N-methyl/N-ethyl adjacent to an activating group) is 1. The van der Waals surface area contributed by atoms with Crippen LogP contribution < -0.4 is 11.1 Å². The molecule has 2 aliphatic heterocycles. The summed E-state index contributed by atoms with van der Waals surface area (Å²) in [6.07, 6.45) is 20.0. The van der Waals surface area contributed by atoms with Crippen LogP contribution in [0.3, 0.4) is 0 Å². The molecule has 0 atom stereocenters. The number of allylic oxidation sites excluding steroid dienone is 5. The van der Waals surface area contributed by atoms with E-state index in [1.165, 1.54) is 44.0 Å². The number of alkyl halides is 2. The quantitative estimate of drug-likeness (QED) is 0.342. The molecule has 7 heteroatoms. The van der Waals surface area contributed by atoms with Gasteiger partial charge in [0.05, 0.1) is 10.7 Å². The molecule has 1 aromatic rings. The van der Waals surface area contributed by atoms with Crippen LogP contribution in [0.4, 0.5) is 8.78 Å². The molecule has 0 saturated heterocycles. The average molecular weight is 563 g/mol. The molecule has 1 fully saturated rings. The first kappa shape index (κ1) is 36.6.